The maximum atomic E-state index is 3.93. The molecule has 0 unspecified atom stereocenters. The first-order chi connectivity index (χ1) is 3.39. The number of nitrogens with zero attached hydrogens (tertiary/aromatic N) is 1. The summed E-state index contributed by atoms with van der Waals surface area (Å²) in [5.74, 6) is 0. The van der Waals surface area contributed by atoms with Crippen LogP contribution in [0.5, 0.6) is 0 Å². The molecule has 0 aliphatic rings. The molecule has 1 nitrogen and oxygen atoms in total. The SMILES string of the molecule is [Hg][c]1cccnc1. The van der Waals surface area contributed by atoms with Crippen LogP contribution >= 0.6 is 0 Å². The number of hydrogen-bond acceptors (Lipinski definition) is 1. The van der Waals surface area contributed by atoms with Crippen LogP contribution in [0.4, 0.5) is 0 Å². The van der Waals surface area contributed by atoms with Crippen molar-refractivity contribution in [3.8, 4) is 0 Å². The van der Waals surface area contributed by atoms with Crippen molar-refractivity contribution in [2.24, 2.45) is 0 Å². The summed E-state index contributed by atoms with van der Waals surface area (Å²) < 4.78 is 1.41. The molecule has 0 spiro atoms. The van der Waals surface area contributed by atoms with Gasteiger partial charge in [0.15, 0.2) is 0 Å². The summed E-state index contributed by atoms with van der Waals surface area (Å²) in [6, 6.07) is 4.08. The van der Waals surface area contributed by atoms with Crippen molar-refractivity contribution >= 4 is 3.07 Å². The average molecular weight is 279 g/mol. The van der Waals surface area contributed by atoms with E-state index in [1.54, 1.807) is 6.20 Å². The van der Waals surface area contributed by atoms with Crippen molar-refractivity contribution in [1.82, 2.24) is 4.98 Å². The topological polar surface area (TPSA) is 12.9 Å². The van der Waals surface area contributed by atoms with Gasteiger partial charge in [-0.2, -0.15) is 0 Å². The van der Waals surface area contributed by atoms with Crippen LogP contribution in [0.1, 0.15) is 0 Å². The van der Waals surface area contributed by atoms with Gasteiger partial charge in [0, 0.05) is 0 Å². The number of rotatable bonds is 0. The van der Waals surface area contributed by atoms with Gasteiger partial charge in [-0.05, 0) is 0 Å². The molecular formula is C5H4HgN. The fourth-order valence-corrected chi connectivity index (χ4v) is 1.34. The molecule has 0 bridgehead atoms. The van der Waals surface area contributed by atoms with E-state index >= 15 is 0 Å². The first-order valence-electron chi connectivity index (χ1n) is 2.11. The summed E-state index contributed by atoms with van der Waals surface area (Å²) in [5, 5.41) is 0. The van der Waals surface area contributed by atoms with Crippen molar-refractivity contribution in [2.75, 3.05) is 0 Å². The summed E-state index contributed by atoms with van der Waals surface area (Å²) in [5.41, 5.74) is 0. The van der Waals surface area contributed by atoms with E-state index in [1.807, 2.05) is 12.3 Å². The van der Waals surface area contributed by atoms with Crippen LogP contribution in [-0.4, -0.2) is 4.98 Å². The summed E-state index contributed by atoms with van der Waals surface area (Å²) in [4.78, 5) is 3.93. The predicted molar refractivity (Wildman–Crippen MR) is 23.9 cm³/mol. The summed E-state index contributed by atoms with van der Waals surface area (Å²) in [6.45, 7) is 0. The Kier molecular flexibility index (Phi) is 1.80. The second kappa shape index (κ2) is 2.41. The Balaban J connectivity index is 3.02. The van der Waals surface area contributed by atoms with Gasteiger partial charge in [-0.1, -0.05) is 0 Å². The zero-order valence-electron chi connectivity index (χ0n) is 3.96. The monoisotopic (exact) mass is 280 g/mol. The van der Waals surface area contributed by atoms with E-state index in [-0.39, 0.29) is 0 Å². The molecule has 1 rings (SSSR count). The van der Waals surface area contributed by atoms with E-state index in [2.05, 4.69) is 11.1 Å². The maximum absolute atomic E-state index is 3.93. The van der Waals surface area contributed by atoms with Crippen LogP contribution in [0.2, 0.25) is 0 Å². The normalized spacial score (nSPS) is 8.86. The van der Waals surface area contributed by atoms with Gasteiger partial charge < -0.3 is 0 Å². The Labute approximate surface area is 58.7 Å². The van der Waals surface area contributed by atoms with Crippen molar-refractivity contribution in [1.29, 1.82) is 0 Å². The van der Waals surface area contributed by atoms with Crippen molar-refractivity contribution in [3.63, 3.8) is 0 Å². The Morgan fingerprint density at radius 3 is 2.71 bits per heavy atom. The molecule has 0 radical (unpaired) electrons. The van der Waals surface area contributed by atoms with Crippen LogP contribution in [-0.2, 0) is 26.1 Å². The second-order valence-electron chi connectivity index (χ2n) is 1.36. The van der Waals surface area contributed by atoms with Gasteiger partial charge in [-0.3, -0.25) is 0 Å². The summed E-state index contributed by atoms with van der Waals surface area (Å²) >= 11 is 0.747. The number of pyridine rings is 1. The molecule has 0 N–H and O–H groups in total. The fourth-order valence-electron chi connectivity index (χ4n) is 0.398. The average Bonchev–Trinajstić information content (AvgIpc) is 1.69. The first kappa shape index (κ1) is 5.23. The molecule has 0 amide bonds. The minimum atomic E-state index is 0.747. The quantitative estimate of drug-likeness (QED) is 0.620. The molecule has 0 atom stereocenters. The third-order valence-electron chi connectivity index (χ3n) is 0.723. The van der Waals surface area contributed by atoms with Gasteiger partial charge in [0.05, 0.1) is 0 Å². The molecule has 1 aromatic rings. The van der Waals surface area contributed by atoms with Crippen molar-refractivity contribution < 1.29 is 26.1 Å². The third kappa shape index (κ3) is 1.55. The zero-order valence-corrected chi connectivity index (χ0v) is 9.46. The second-order valence-corrected chi connectivity index (χ2v) is 4.54. The molecule has 0 saturated heterocycles. The predicted octanol–water partition coefficient (Wildman–Crippen LogP) is 0.254. The number of aromatic nitrogens is 1. The van der Waals surface area contributed by atoms with Crippen LogP contribution in [0.15, 0.2) is 24.5 Å². The van der Waals surface area contributed by atoms with Gasteiger partial charge in [0.25, 0.3) is 0 Å². The molecular weight excluding hydrogens is 275 g/mol. The van der Waals surface area contributed by atoms with Crippen LogP contribution in [0, 0.1) is 0 Å². The fraction of sp³-hybridized carbons (Fsp3) is 0. The third-order valence-corrected chi connectivity index (χ3v) is 2.35. The van der Waals surface area contributed by atoms with Gasteiger partial charge >= 0.3 is 58.7 Å². The molecule has 0 aliphatic carbocycles. The molecule has 31 valence electrons. The van der Waals surface area contributed by atoms with E-state index in [1.165, 1.54) is 3.07 Å². The Morgan fingerprint density at radius 2 is 2.43 bits per heavy atom. The molecule has 0 fully saturated rings. The summed E-state index contributed by atoms with van der Waals surface area (Å²) in [6.07, 6.45) is 3.72. The van der Waals surface area contributed by atoms with Gasteiger partial charge in [0.2, 0.25) is 0 Å². The Hall–Kier alpha value is 0.0851. The van der Waals surface area contributed by atoms with E-state index in [0.29, 0.717) is 0 Å². The van der Waals surface area contributed by atoms with Crippen LogP contribution in [0.25, 0.3) is 0 Å². The van der Waals surface area contributed by atoms with Gasteiger partial charge in [-0.25, -0.2) is 0 Å². The van der Waals surface area contributed by atoms with Crippen LogP contribution < -0.4 is 3.07 Å². The van der Waals surface area contributed by atoms with Gasteiger partial charge in [0.1, 0.15) is 0 Å². The standard InChI is InChI=1S/C5H4N.Hg/c1-2-4-6-5-3-1;/h1-2,4-5H;. The zero-order chi connectivity index (χ0) is 5.11. The van der Waals surface area contributed by atoms with Crippen molar-refractivity contribution in [3.05, 3.63) is 24.5 Å². The summed E-state index contributed by atoms with van der Waals surface area (Å²) in [7, 11) is 0. The molecule has 1 heterocycles. The molecule has 7 heavy (non-hydrogen) atoms. The number of hydrogen-bond donors (Lipinski definition) is 0. The Morgan fingerprint density at radius 1 is 1.57 bits per heavy atom. The minimum absolute atomic E-state index is 0.747. The first-order valence-corrected chi connectivity index (χ1v) is 4.86. The Bertz CT molecular complexity index is 138. The van der Waals surface area contributed by atoms with E-state index in [0.717, 1.165) is 26.1 Å². The molecule has 0 saturated carbocycles. The van der Waals surface area contributed by atoms with Crippen LogP contribution in [0.3, 0.4) is 0 Å². The molecule has 1 aromatic heterocycles. The molecule has 2 heteroatoms. The molecule has 0 aliphatic heterocycles. The van der Waals surface area contributed by atoms with E-state index in [9.17, 15) is 0 Å². The van der Waals surface area contributed by atoms with Gasteiger partial charge in [-0.15, -0.1) is 0 Å². The van der Waals surface area contributed by atoms with E-state index < -0.39 is 0 Å². The molecule has 0 aromatic carbocycles. The van der Waals surface area contributed by atoms with Crippen molar-refractivity contribution in [2.45, 2.75) is 0 Å². The van der Waals surface area contributed by atoms with E-state index in [4.69, 9.17) is 0 Å².